The topological polar surface area (TPSA) is 17.1 Å². The number of carbonyl (C=O) groups excluding carboxylic acids is 1. The Hall–Kier alpha value is 0.254. The zero-order chi connectivity index (χ0) is 6.69. The van der Waals surface area contributed by atoms with E-state index in [-0.39, 0.29) is 18.6 Å². The minimum absolute atomic E-state index is 0. The molecular weight excluding hydrogens is 163 g/mol. The van der Waals surface area contributed by atoms with E-state index >= 15 is 0 Å². The fourth-order valence-electron chi connectivity index (χ4n) is 1.41. The van der Waals surface area contributed by atoms with Gasteiger partial charge in [-0.25, -0.2) is 0 Å². The van der Waals surface area contributed by atoms with Gasteiger partial charge in [-0.1, -0.05) is 19.8 Å². The summed E-state index contributed by atoms with van der Waals surface area (Å²) in [5.41, 5.74) is 0. The van der Waals surface area contributed by atoms with Crippen molar-refractivity contribution >= 4 is 5.78 Å². The molecule has 0 aromatic carbocycles. The van der Waals surface area contributed by atoms with Gasteiger partial charge in [-0.05, 0) is 12.3 Å². The maximum atomic E-state index is 10.9. The second kappa shape index (κ2) is 4.98. The van der Waals surface area contributed by atoms with Crippen molar-refractivity contribution in [1.29, 1.82) is 0 Å². The summed E-state index contributed by atoms with van der Waals surface area (Å²) in [6.07, 6.45) is 5.31. The van der Waals surface area contributed by atoms with Crippen LogP contribution in [0.4, 0.5) is 0 Å². The second-order valence-electron chi connectivity index (χ2n) is 3.09. The molecule has 1 radical (unpaired) electrons. The fourth-order valence-corrected chi connectivity index (χ4v) is 1.41. The van der Waals surface area contributed by atoms with Crippen molar-refractivity contribution in [3.63, 3.8) is 0 Å². The predicted molar refractivity (Wildman–Crippen MR) is 37.3 cm³/mol. The van der Waals surface area contributed by atoms with Gasteiger partial charge in [0.25, 0.3) is 0 Å². The first-order valence-electron chi connectivity index (χ1n) is 3.81. The van der Waals surface area contributed by atoms with Gasteiger partial charge >= 0.3 is 0 Å². The van der Waals surface area contributed by atoms with Gasteiger partial charge in [0.1, 0.15) is 5.78 Å². The molecule has 1 rings (SSSR count). The normalized spacial score (nSPS) is 26.9. The van der Waals surface area contributed by atoms with Gasteiger partial charge in [0.15, 0.2) is 0 Å². The number of rotatable bonds is 0. The molecule has 0 saturated heterocycles. The molecule has 0 heterocycles. The van der Waals surface area contributed by atoms with E-state index in [1.165, 1.54) is 12.8 Å². The Morgan fingerprint density at radius 1 is 1.40 bits per heavy atom. The Morgan fingerprint density at radius 3 is 2.80 bits per heavy atom. The molecule has 0 spiro atoms. The number of ketones is 1. The number of Topliss-reactive ketones (excluding diaryl/α,β-unsaturated/α-hetero) is 1. The Kier molecular flexibility index (Phi) is 5.10. The summed E-state index contributed by atoms with van der Waals surface area (Å²) >= 11 is 0. The molecule has 0 amide bonds. The molecule has 0 aliphatic heterocycles. The first-order valence-corrected chi connectivity index (χ1v) is 3.81. The minimum atomic E-state index is 0. The Labute approximate surface area is 74.5 Å². The van der Waals surface area contributed by atoms with E-state index in [4.69, 9.17) is 0 Å². The SMILES string of the molecule is CC1CCCCC(=O)C1.[V]. The zero-order valence-electron chi connectivity index (χ0n) is 6.47. The number of hydrogen-bond donors (Lipinski definition) is 0. The standard InChI is InChI=1S/C8H14O.V/c1-7-4-2-3-5-8(9)6-7;/h7H,2-6H2,1H3;. The molecule has 1 nitrogen and oxygen atoms in total. The molecule has 0 N–H and O–H groups in total. The zero-order valence-corrected chi connectivity index (χ0v) is 7.87. The van der Waals surface area contributed by atoms with Crippen molar-refractivity contribution in [2.45, 2.75) is 39.0 Å². The van der Waals surface area contributed by atoms with Gasteiger partial charge in [0, 0.05) is 31.4 Å². The Bertz CT molecular complexity index is 112. The molecule has 1 saturated carbocycles. The third kappa shape index (κ3) is 3.43. The van der Waals surface area contributed by atoms with E-state index in [1.807, 2.05) is 0 Å². The molecule has 0 aromatic heterocycles. The van der Waals surface area contributed by atoms with E-state index in [2.05, 4.69) is 6.92 Å². The van der Waals surface area contributed by atoms with Crippen LogP contribution in [0.1, 0.15) is 39.0 Å². The van der Waals surface area contributed by atoms with E-state index in [1.54, 1.807) is 0 Å². The van der Waals surface area contributed by atoms with Crippen LogP contribution in [-0.4, -0.2) is 5.78 Å². The number of hydrogen-bond acceptors (Lipinski definition) is 1. The van der Waals surface area contributed by atoms with Crippen LogP contribution in [0.15, 0.2) is 0 Å². The smallest absolute Gasteiger partial charge is 0.133 e. The monoisotopic (exact) mass is 177 g/mol. The van der Waals surface area contributed by atoms with Crippen molar-refractivity contribution in [2.75, 3.05) is 0 Å². The van der Waals surface area contributed by atoms with Crippen LogP contribution in [0.5, 0.6) is 0 Å². The third-order valence-corrected chi connectivity index (χ3v) is 1.98. The van der Waals surface area contributed by atoms with Crippen molar-refractivity contribution in [2.24, 2.45) is 5.92 Å². The summed E-state index contributed by atoms with van der Waals surface area (Å²) < 4.78 is 0. The van der Waals surface area contributed by atoms with Gasteiger partial charge in [-0.3, -0.25) is 4.79 Å². The van der Waals surface area contributed by atoms with Crippen LogP contribution in [-0.2, 0) is 23.4 Å². The molecular formula is C8H14OV. The number of carbonyl (C=O) groups is 1. The summed E-state index contributed by atoms with van der Waals surface area (Å²) in [5, 5.41) is 0. The summed E-state index contributed by atoms with van der Waals surface area (Å²) in [4.78, 5) is 10.9. The van der Waals surface area contributed by atoms with Crippen LogP contribution in [0.2, 0.25) is 0 Å². The summed E-state index contributed by atoms with van der Waals surface area (Å²) in [6, 6.07) is 0. The van der Waals surface area contributed by atoms with Gasteiger partial charge < -0.3 is 0 Å². The molecule has 57 valence electrons. The van der Waals surface area contributed by atoms with Crippen molar-refractivity contribution in [1.82, 2.24) is 0 Å². The van der Waals surface area contributed by atoms with E-state index < -0.39 is 0 Å². The third-order valence-electron chi connectivity index (χ3n) is 1.98. The molecule has 1 unspecified atom stereocenters. The molecule has 1 aliphatic rings. The van der Waals surface area contributed by atoms with Crippen molar-refractivity contribution < 1.29 is 23.4 Å². The predicted octanol–water partition coefficient (Wildman–Crippen LogP) is 2.15. The van der Waals surface area contributed by atoms with Gasteiger partial charge in [-0.2, -0.15) is 0 Å². The van der Waals surface area contributed by atoms with Crippen LogP contribution >= 0.6 is 0 Å². The maximum Gasteiger partial charge on any atom is 0.133 e. The van der Waals surface area contributed by atoms with Crippen LogP contribution in [0.25, 0.3) is 0 Å². The minimum Gasteiger partial charge on any atom is -0.300 e. The second-order valence-corrected chi connectivity index (χ2v) is 3.09. The van der Waals surface area contributed by atoms with E-state index in [0.717, 1.165) is 19.3 Å². The molecule has 10 heavy (non-hydrogen) atoms. The summed E-state index contributed by atoms with van der Waals surface area (Å²) in [6.45, 7) is 2.17. The fraction of sp³-hybridized carbons (Fsp3) is 0.875. The molecule has 1 atom stereocenters. The average molecular weight is 177 g/mol. The molecule has 1 fully saturated rings. The first-order chi connectivity index (χ1) is 4.29. The van der Waals surface area contributed by atoms with Gasteiger partial charge in [0.05, 0.1) is 0 Å². The van der Waals surface area contributed by atoms with Crippen LogP contribution in [0, 0.1) is 5.92 Å². The molecule has 1 aliphatic carbocycles. The largest absolute Gasteiger partial charge is 0.300 e. The first kappa shape index (κ1) is 10.3. The summed E-state index contributed by atoms with van der Waals surface area (Å²) in [7, 11) is 0. The Balaban J connectivity index is 0.000000810. The molecule has 2 heteroatoms. The average Bonchev–Trinajstić information content (AvgIpc) is 1.93. The van der Waals surface area contributed by atoms with Crippen LogP contribution in [0.3, 0.4) is 0 Å². The quantitative estimate of drug-likeness (QED) is 0.518. The van der Waals surface area contributed by atoms with Crippen LogP contribution < -0.4 is 0 Å². The molecule has 0 bridgehead atoms. The maximum absolute atomic E-state index is 10.9. The van der Waals surface area contributed by atoms with Crippen molar-refractivity contribution in [3.05, 3.63) is 0 Å². The van der Waals surface area contributed by atoms with Crippen molar-refractivity contribution in [3.8, 4) is 0 Å². The molecule has 0 aromatic rings. The van der Waals surface area contributed by atoms with Gasteiger partial charge in [0.2, 0.25) is 0 Å². The Morgan fingerprint density at radius 2 is 2.10 bits per heavy atom. The van der Waals surface area contributed by atoms with E-state index in [9.17, 15) is 4.79 Å². The van der Waals surface area contributed by atoms with Gasteiger partial charge in [-0.15, -0.1) is 0 Å². The summed E-state index contributed by atoms with van der Waals surface area (Å²) in [5.74, 6) is 1.13. The van der Waals surface area contributed by atoms with E-state index in [0.29, 0.717) is 11.7 Å².